The minimum atomic E-state index is -3.51. The molecule has 21 heavy (non-hydrogen) atoms. The summed E-state index contributed by atoms with van der Waals surface area (Å²) >= 11 is 0. The molecule has 0 fully saturated rings. The monoisotopic (exact) mass is 317 g/mol. The Hall–Kier alpha value is -1.22. The highest BCUT2D eigenvalue weighted by Crippen LogP contribution is 2.12. The fourth-order valence-electron chi connectivity index (χ4n) is 1.56. The van der Waals surface area contributed by atoms with E-state index in [4.69, 9.17) is 9.47 Å². The van der Waals surface area contributed by atoms with Crippen LogP contribution in [0.2, 0.25) is 0 Å². The van der Waals surface area contributed by atoms with E-state index in [1.54, 1.807) is 7.11 Å². The maximum absolute atomic E-state index is 12.1. The van der Waals surface area contributed by atoms with Crippen LogP contribution >= 0.6 is 0 Å². The molecule has 0 bridgehead atoms. The van der Waals surface area contributed by atoms with Crippen molar-refractivity contribution in [1.82, 2.24) is 9.71 Å². The van der Waals surface area contributed by atoms with Gasteiger partial charge in [-0.15, -0.1) is 0 Å². The number of rotatable bonds is 11. The predicted molar refractivity (Wildman–Crippen MR) is 80.9 cm³/mol. The lowest BCUT2D eigenvalue weighted by Gasteiger charge is -2.08. The van der Waals surface area contributed by atoms with E-state index in [1.807, 2.05) is 6.92 Å². The van der Waals surface area contributed by atoms with Crippen molar-refractivity contribution in [3.8, 4) is 0 Å². The third kappa shape index (κ3) is 6.85. The van der Waals surface area contributed by atoms with Crippen LogP contribution in [0.5, 0.6) is 0 Å². The molecule has 120 valence electrons. The molecule has 0 aliphatic heterocycles. The lowest BCUT2D eigenvalue weighted by atomic mass is 10.4. The van der Waals surface area contributed by atoms with Gasteiger partial charge >= 0.3 is 0 Å². The summed E-state index contributed by atoms with van der Waals surface area (Å²) < 4.78 is 36.8. The van der Waals surface area contributed by atoms with Gasteiger partial charge in [-0.2, -0.15) is 0 Å². The largest absolute Gasteiger partial charge is 0.382 e. The second-order valence-electron chi connectivity index (χ2n) is 4.26. The summed E-state index contributed by atoms with van der Waals surface area (Å²) in [6.07, 6.45) is 2.08. The number of hydrogen-bond acceptors (Lipinski definition) is 6. The summed E-state index contributed by atoms with van der Waals surface area (Å²) in [6, 6.07) is 2.99. The Morgan fingerprint density at radius 3 is 2.81 bits per heavy atom. The molecule has 0 atom stereocenters. The molecule has 1 aromatic rings. The smallest absolute Gasteiger partial charge is 0.240 e. The summed E-state index contributed by atoms with van der Waals surface area (Å²) in [5.74, 6) is 0.545. The number of anilines is 1. The van der Waals surface area contributed by atoms with E-state index in [0.29, 0.717) is 45.1 Å². The molecule has 0 radical (unpaired) electrons. The predicted octanol–water partition coefficient (Wildman–Crippen LogP) is 0.845. The van der Waals surface area contributed by atoms with E-state index < -0.39 is 10.0 Å². The van der Waals surface area contributed by atoms with Crippen molar-refractivity contribution in [3.05, 3.63) is 18.3 Å². The maximum Gasteiger partial charge on any atom is 0.240 e. The molecule has 0 saturated heterocycles. The van der Waals surface area contributed by atoms with Crippen molar-refractivity contribution in [2.45, 2.75) is 18.2 Å². The molecule has 0 aromatic carbocycles. The molecule has 1 heterocycles. The number of aromatic nitrogens is 1. The van der Waals surface area contributed by atoms with Gasteiger partial charge in [0.05, 0.1) is 18.1 Å². The van der Waals surface area contributed by atoms with Crippen molar-refractivity contribution < 1.29 is 17.9 Å². The summed E-state index contributed by atoms with van der Waals surface area (Å²) in [4.78, 5) is 4.25. The molecule has 8 heteroatoms. The third-order valence-corrected chi connectivity index (χ3v) is 4.05. The van der Waals surface area contributed by atoms with Crippen LogP contribution in [0.15, 0.2) is 23.2 Å². The van der Waals surface area contributed by atoms with Crippen LogP contribution in [-0.2, 0) is 19.5 Å². The van der Waals surface area contributed by atoms with Crippen LogP contribution in [0, 0.1) is 0 Å². The minimum Gasteiger partial charge on any atom is -0.382 e. The zero-order valence-corrected chi connectivity index (χ0v) is 13.3. The van der Waals surface area contributed by atoms with E-state index in [9.17, 15) is 8.42 Å². The Labute approximate surface area is 126 Å². The standard InChI is InChI=1S/C13H23N3O4S/c1-3-14-13-11-12(5-7-15-13)21(17,18)16-6-4-8-20-10-9-19-2/h5,7,11,16H,3-4,6,8-10H2,1-2H3,(H,14,15). The molecule has 0 aliphatic rings. The van der Waals surface area contributed by atoms with Gasteiger partial charge < -0.3 is 14.8 Å². The number of ether oxygens (including phenoxy) is 2. The van der Waals surface area contributed by atoms with Crippen molar-refractivity contribution in [3.63, 3.8) is 0 Å². The highest BCUT2D eigenvalue weighted by molar-refractivity contribution is 7.89. The van der Waals surface area contributed by atoms with E-state index >= 15 is 0 Å². The second kappa shape index (κ2) is 9.67. The first kappa shape index (κ1) is 17.8. The van der Waals surface area contributed by atoms with Gasteiger partial charge in [0, 0.05) is 39.1 Å². The van der Waals surface area contributed by atoms with Crippen LogP contribution in [0.25, 0.3) is 0 Å². The molecule has 0 saturated carbocycles. The van der Waals surface area contributed by atoms with Crippen LogP contribution in [-0.4, -0.2) is 53.4 Å². The van der Waals surface area contributed by atoms with E-state index in [0.717, 1.165) is 0 Å². The highest BCUT2D eigenvalue weighted by Gasteiger charge is 2.13. The maximum atomic E-state index is 12.1. The first-order valence-electron chi connectivity index (χ1n) is 6.86. The van der Waals surface area contributed by atoms with Gasteiger partial charge in [-0.25, -0.2) is 18.1 Å². The Kier molecular flexibility index (Phi) is 8.21. The Morgan fingerprint density at radius 1 is 1.29 bits per heavy atom. The van der Waals surface area contributed by atoms with Crippen molar-refractivity contribution in [1.29, 1.82) is 0 Å². The van der Waals surface area contributed by atoms with E-state index in [-0.39, 0.29) is 4.90 Å². The molecule has 7 nitrogen and oxygen atoms in total. The molecular weight excluding hydrogens is 294 g/mol. The summed E-state index contributed by atoms with van der Waals surface area (Å²) in [5.41, 5.74) is 0. The van der Waals surface area contributed by atoms with Crippen molar-refractivity contribution >= 4 is 15.8 Å². The number of sulfonamides is 1. The normalized spacial score (nSPS) is 11.5. The van der Waals surface area contributed by atoms with Crippen LogP contribution < -0.4 is 10.0 Å². The molecule has 0 amide bonds. The quantitative estimate of drug-likeness (QED) is 0.588. The Balaban J connectivity index is 2.41. The second-order valence-corrected chi connectivity index (χ2v) is 6.03. The number of pyridine rings is 1. The highest BCUT2D eigenvalue weighted by atomic mass is 32.2. The van der Waals surface area contributed by atoms with Crippen molar-refractivity contribution in [2.24, 2.45) is 0 Å². The summed E-state index contributed by atoms with van der Waals surface area (Å²) in [7, 11) is -1.90. The Bertz CT molecular complexity index is 508. The molecule has 0 unspecified atom stereocenters. The van der Waals surface area contributed by atoms with Crippen LogP contribution in [0.4, 0.5) is 5.82 Å². The SMILES string of the molecule is CCNc1cc(S(=O)(=O)NCCCOCCOC)ccn1. The number of nitrogens with one attached hydrogen (secondary N) is 2. The minimum absolute atomic E-state index is 0.203. The molecule has 1 aromatic heterocycles. The summed E-state index contributed by atoms with van der Waals surface area (Å²) in [6.45, 7) is 4.47. The molecule has 0 spiro atoms. The third-order valence-electron chi connectivity index (χ3n) is 2.59. The van der Waals surface area contributed by atoms with Gasteiger partial charge in [0.1, 0.15) is 5.82 Å². The molecule has 2 N–H and O–H groups in total. The summed E-state index contributed by atoms with van der Waals surface area (Å²) in [5, 5.41) is 2.98. The average molecular weight is 317 g/mol. The van der Waals surface area contributed by atoms with Crippen LogP contribution in [0.3, 0.4) is 0 Å². The average Bonchev–Trinajstić information content (AvgIpc) is 2.47. The zero-order chi connectivity index (χ0) is 15.6. The number of hydrogen-bond donors (Lipinski definition) is 2. The fraction of sp³-hybridized carbons (Fsp3) is 0.615. The lowest BCUT2D eigenvalue weighted by molar-refractivity contribution is 0.0699. The zero-order valence-electron chi connectivity index (χ0n) is 12.5. The van der Waals surface area contributed by atoms with Crippen molar-refractivity contribution in [2.75, 3.05) is 45.3 Å². The fourth-order valence-corrected chi connectivity index (χ4v) is 2.65. The van der Waals surface area contributed by atoms with Crippen LogP contribution in [0.1, 0.15) is 13.3 Å². The van der Waals surface area contributed by atoms with E-state index in [1.165, 1.54) is 18.3 Å². The number of methoxy groups -OCH3 is 1. The Morgan fingerprint density at radius 2 is 2.10 bits per heavy atom. The van der Waals surface area contributed by atoms with Gasteiger partial charge in [-0.1, -0.05) is 0 Å². The topological polar surface area (TPSA) is 89.6 Å². The molecular formula is C13H23N3O4S. The van der Waals surface area contributed by atoms with Gasteiger partial charge in [-0.05, 0) is 19.4 Å². The van der Waals surface area contributed by atoms with Gasteiger partial charge in [-0.3, -0.25) is 0 Å². The van der Waals surface area contributed by atoms with Gasteiger partial charge in [0.15, 0.2) is 0 Å². The first-order valence-corrected chi connectivity index (χ1v) is 8.34. The van der Waals surface area contributed by atoms with Gasteiger partial charge in [0.25, 0.3) is 0 Å². The molecule has 1 rings (SSSR count). The van der Waals surface area contributed by atoms with Gasteiger partial charge in [0.2, 0.25) is 10.0 Å². The first-order chi connectivity index (χ1) is 10.1. The lowest BCUT2D eigenvalue weighted by Crippen LogP contribution is -2.26. The number of nitrogens with zero attached hydrogens (tertiary/aromatic N) is 1. The van der Waals surface area contributed by atoms with E-state index in [2.05, 4.69) is 15.0 Å². The molecule has 0 aliphatic carbocycles.